The van der Waals surface area contributed by atoms with E-state index in [0.717, 1.165) is 6.07 Å². The molecule has 1 aromatic carbocycles. The van der Waals surface area contributed by atoms with Crippen molar-refractivity contribution in [3.05, 3.63) is 29.6 Å². The Labute approximate surface area is 118 Å². The van der Waals surface area contributed by atoms with Crippen LogP contribution in [0, 0.1) is 17.7 Å². The second kappa shape index (κ2) is 7.24. The summed E-state index contributed by atoms with van der Waals surface area (Å²) in [6, 6.07) is 3.74. The maximum atomic E-state index is 13.4. The highest BCUT2D eigenvalue weighted by Crippen LogP contribution is 2.16. The van der Waals surface area contributed by atoms with Gasteiger partial charge >= 0.3 is 10.2 Å². The highest BCUT2D eigenvalue weighted by molar-refractivity contribution is 7.90. The Balaban J connectivity index is 3.05. The Morgan fingerprint density at radius 1 is 1.35 bits per heavy atom. The summed E-state index contributed by atoms with van der Waals surface area (Å²) in [5, 5.41) is 8.60. The van der Waals surface area contributed by atoms with Gasteiger partial charge in [-0.25, -0.2) is 4.39 Å². The number of rotatable bonds is 5. The molecule has 20 heavy (non-hydrogen) atoms. The first-order valence-electron chi connectivity index (χ1n) is 6.11. The fourth-order valence-corrected chi connectivity index (χ4v) is 2.83. The molecule has 0 aliphatic rings. The molecule has 0 atom stereocenters. The third-order valence-corrected chi connectivity index (χ3v) is 4.25. The number of hydrogen-bond acceptors (Lipinski definition) is 3. The Morgan fingerprint density at radius 3 is 2.55 bits per heavy atom. The van der Waals surface area contributed by atoms with Crippen molar-refractivity contribution < 1.29 is 17.9 Å². The van der Waals surface area contributed by atoms with Crippen molar-refractivity contribution in [3.63, 3.8) is 0 Å². The number of aliphatic hydroxyl groups excluding tert-OH is 1. The van der Waals surface area contributed by atoms with Crippen molar-refractivity contribution in [2.75, 3.05) is 24.4 Å². The summed E-state index contributed by atoms with van der Waals surface area (Å²) in [4.78, 5) is 0. The number of aliphatic hydroxyl groups is 1. The van der Waals surface area contributed by atoms with E-state index in [-0.39, 0.29) is 11.3 Å². The second-order valence-corrected chi connectivity index (χ2v) is 5.52. The first kappa shape index (κ1) is 16.4. The molecule has 0 saturated heterocycles. The standard InChI is InChI=1S/C13H17FN2O3S/c1-3-16(4-2)20(18,19)15-12-7-8-13(14)11(10-12)6-5-9-17/h7-8,10,15,17H,3-4,9H2,1-2H3. The van der Waals surface area contributed by atoms with Crippen LogP contribution in [0.4, 0.5) is 10.1 Å². The van der Waals surface area contributed by atoms with Gasteiger partial charge in [0.2, 0.25) is 0 Å². The van der Waals surface area contributed by atoms with E-state index >= 15 is 0 Å². The van der Waals surface area contributed by atoms with E-state index in [1.807, 2.05) is 0 Å². The molecule has 7 heteroatoms. The molecule has 5 nitrogen and oxygen atoms in total. The summed E-state index contributed by atoms with van der Waals surface area (Å²) in [5.41, 5.74) is 0.249. The first-order chi connectivity index (χ1) is 9.44. The summed E-state index contributed by atoms with van der Waals surface area (Å²) in [7, 11) is -3.66. The molecule has 0 fully saturated rings. The van der Waals surface area contributed by atoms with Crippen LogP contribution < -0.4 is 4.72 Å². The number of halogens is 1. The van der Waals surface area contributed by atoms with Gasteiger partial charge in [0.15, 0.2) is 0 Å². The van der Waals surface area contributed by atoms with Crippen molar-refractivity contribution in [1.29, 1.82) is 0 Å². The largest absolute Gasteiger partial charge is 0.384 e. The molecule has 0 aliphatic heterocycles. The van der Waals surface area contributed by atoms with Crippen LogP contribution in [-0.4, -0.2) is 37.5 Å². The molecule has 0 saturated carbocycles. The van der Waals surface area contributed by atoms with Crippen LogP contribution in [0.2, 0.25) is 0 Å². The van der Waals surface area contributed by atoms with Gasteiger partial charge in [-0.05, 0) is 18.2 Å². The predicted molar refractivity (Wildman–Crippen MR) is 75.8 cm³/mol. The lowest BCUT2D eigenvalue weighted by Gasteiger charge is -2.19. The minimum atomic E-state index is -3.66. The fraction of sp³-hybridized carbons (Fsp3) is 0.385. The smallest absolute Gasteiger partial charge is 0.301 e. The van der Waals surface area contributed by atoms with Crippen molar-refractivity contribution in [3.8, 4) is 11.8 Å². The van der Waals surface area contributed by atoms with Gasteiger partial charge in [0.25, 0.3) is 0 Å². The lowest BCUT2D eigenvalue weighted by molar-refractivity contribution is 0.350. The average Bonchev–Trinajstić information content (AvgIpc) is 2.40. The summed E-state index contributed by atoms with van der Waals surface area (Å²) in [6.45, 7) is 3.74. The van der Waals surface area contributed by atoms with Gasteiger partial charge in [0.05, 0.1) is 11.3 Å². The van der Waals surface area contributed by atoms with Crippen LogP contribution in [-0.2, 0) is 10.2 Å². The average molecular weight is 300 g/mol. The van der Waals surface area contributed by atoms with Crippen molar-refractivity contribution >= 4 is 15.9 Å². The third kappa shape index (κ3) is 4.20. The van der Waals surface area contributed by atoms with E-state index in [4.69, 9.17) is 5.11 Å². The summed E-state index contributed by atoms with van der Waals surface area (Å²) in [6.07, 6.45) is 0. The van der Waals surface area contributed by atoms with Crippen molar-refractivity contribution in [1.82, 2.24) is 4.31 Å². The molecule has 1 aromatic rings. The predicted octanol–water partition coefficient (Wildman–Crippen LogP) is 1.17. The van der Waals surface area contributed by atoms with Gasteiger partial charge < -0.3 is 5.11 Å². The highest BCUT2D eigenvalue weighted by Gasteiger charge is 2.18. The van der Waals surface area contributed by atoms with Crippen LogP contribution in [0.25, 0.3) is 0 Å². The van der Waals surface area contributed by atoms with E-state index in [0.29, 0.717) is 13.1 Å². The first-order valence-corrected chi connectivity index (χ1v) is 7.55. The van der Waals surface area contributed by atoms with E-state index in [1.165, 1.54) is 16.4 Å². The summed E-state index contributed by atoms with van der Waals surface area (Å²) >= 11 is 0. The van der Waals surface area contributed by atoms with Crippen molar-refractivity contribution in [2.24, 2.45) is 0 Å². The Morgan fingerprint density at radius 2 is 2.00 bits per heavy atom. The molecule has 0 bridgehead atoms. The third-order valence-electron chi connectivity index (χ3n) is 2.56. The molecule has 0 spiro atoms. The molecular weight excluding hydrogens is 283 g/mol. The van der Waals surface area contributed by atoms with E-state index in [2.05, 4.69) is 16.6 Å². The quantitative estimate of drug-likeness (QED) is 0.802. The molecule has 0 amide bonds. The SMILES string of the molecule is CCN(CC)S(=O)(=O)Nc1ccc(F)c(C#CCO)c1. The van der Waals surface area contributed by atoms with Crippen LogP contribution in [0.5, 0.6) is 0 Å². The van der Waals surface area contributed by atoms with Crippen LogP contribution in [0.3, 0.4) is 0 Å². The highest BCUT2D eigenvalue weighted by atomic mass is 32.2. The van der Waals surface area contributed by atoms with Gasteiger partial charge in [-0.15, -0.1) is 0 Å². The van der Waals surface area contributed by atoms with Crippen LogP contribution >= 0.6 is 0 Å². The Kier molecular flexibility index (Phi) is 5.95. The van der Waals surface area contributed by atoms with Gasteiger partial charge in [-0.3, -0.25) is 4.72 Å². The molecule has 0 aliphatic carbocycles. The zero-order valence-corrected chi connectivity index (χ0v) is 12.2. The molecule has 2 N–H and O–H groups in total. The van der Waals surface area contributed by atoms with Gasteiger partial charge in [0.1, 0.15) is 12.4 Å². The molecule has 1 rings (SSSR count). The van der Waals surface area contributed by atoms with Crippen LogP contribution in [0.15, 0.2) is 18.2 Å². The number of benzene rings is 1. The minimum absolute atomic E-state index is 0.0267. The fourth-order valence-electron chi connectivity index (χ4n) is 1.60. The molecule has 0 heterocycles. The number of anilines is 1. The van der Waals surface area contributed by atoms with Gasteiger partial charge in [-0.2, -0.15) is 12.7 Å². The normalized spacial score (nSPS) is 11.1. The van der Waals surface area contributed by atoms with Gasteiger partial charge in [-0.1, -0.05) is 25.7 Å². The molecule has 0 radical (unpaired) electrons. The zero-order chi connectivity index (χ0) is 15.2. The number of nitrogens with zero attached hydrogens (tertiary/aromatic N) is 1. The molecule has 0 unspecified atom stereocenters. The maximum Gasteiger partial charge on any atom is 0.301 e. The van der Waals surface area contributed by atoms with E-state index in [9.17, 15) is 12.8 Å². The van der Waals surface area contributed by atoms with Crippen molar-refractivity contribution in [2.45, 2.75) is 13.8 Å². The lowest BCUT2D eigenvalue weighted by Crippen LogP contribution is -2.35. The Bertz CT molecular complexity index is 616. The topological polar surface area (TPSA) is 69.6 Å². The van der Waals surface area contributed by atoms with E-state index < -0.39 is 22.6 Å². The maximum absolute atomic E-state index is 13.4. The second-order valence-electron chi connectivity index (χ2n) is 3.85. The Hall–Kier alpha value is -1.62. The zero-order valence-electron chi connectivity index (χ0n) is 11.4. The summed E-state index contributed by atoms with van der Waals surface area (Å²) in [5.74, 6) is 4.17. The summed E-state index contributed by atoms with van der Waals surface area (Å²) < 4.78 is 41.1. The molecular formula is C13H17FN2O3S. The molecule has 0 aromatic heterocycles. The minimum Gasteiger partial charge on any atom is -0.384 e. The van der Waals surface area contributed by atoms with Crippen LogP contribution in [0.1, 0.15) is 19.4 Å². The van der Waals surface area contributed by atoms with E-state index in [1.54, 1.807) is 13.8 Å². The van der Waals surface area contributed by atoms with Gasteiger partial charge in [0, 0.05) is 13.1 Å². The molecule has 110 valence electrons. The monoisotopic (exact) mass is 300 g/mol. The number of hydrogen-bond donors (Lipinski definition) is 2. The lowest BCUT2D eigenvalue weighted by atomic mass is 10.2. The number of nitrogens with one attached hydrogen (secondary N) is 1.